The van der Waals surface area contributed by atoms with Gasteiger partial charge in [0.25, 0.3) is 0 Å². The molecule has 1 N–H and O–H groups in total. The third-order valence-corrected chi connectivity index (χ3v) is 2.44. The van der Waals surface area contributed by atoms with Crippen molar-refractivity contribution in [3.05, 3.63) is 42.5 Å². The van der Waals surface area contributed by atoms with E-state index in [0.717, 1.165) is 5.56 Å². The molecule has 4 heteroatoms. The van der Waals surface area contributed by atoms with Crippen LogP contribution in [0.1, 0.15) is 18.5 Å². The summed E-state index contributed by atoms with van der Waals surface area (Å²) in [6, 6.07) is 6.84. The number of methoxy groups -OCH3 is 1. The summed E-state index contributed by atoms with van der Waals surface area (Å²) in [6.45, 7) is 6.27. The Hall–Kier alpha value is -1.81. The van der Waals surface area contributed by atoms with Gasteiger partial charge in [0, 0.05) is 12.1 Å². The number of rotatable bonds is 7. The lowest BCUT2D eigenvalue weighted by Crippen LogP contribution is -2.30. The van der Waals surface area contributed by atoms with Crippen LogP contribution < -0.4 is 10.1 Å². The average molecular weight is 249 g/mol. The maximum absolute atomic E-state index is 11.9. The Morgan fingerprint density at radius 1 is 1.50 bits per heavy atom. The smallest absolute Gasteiger partial charge is 0.327 e. The highest BCUT2D eigenvalue weighted by molar-refractivity contribution is 5.78. The van der Waals surface area contributed by atoms with E-state index in [2.05, 4.69) is 11.9 Å². The van der Waals surface area contributed by atoms with Crippen LogP contribution in [0.15, 0.2) is 36.9 Å². The zero-order valence-corrected chi connectivity index (χ0v) is 10.8. The van der Waals surface area contributed by atoms with Crippen LogP contribution >= 0.6 is 0 Å². The number of hydrogen-bond acceptors (Lipinski definition) is 4. The summed E-state index contributed by atoms with van der Waals surface area (Å²) in [5, 5.41) is 3.07. The number of carbonyl (C=O) groups is 1. The van der Waals surface area contributed by atoms with Crippen molar-refractivity contribution < 1.29 is 14.3 Å². The van der Waals surface area contributed by atoms with Gasteiger partial charge in [-0.25, -0.2) is 4.79 Å². The van der Waals surface area contributed by atoms with Gasteiger partial charge in [0.05, 0.1) is 13.7 Å². The molecule has 1 aromatic carbocycles. The van der Waals surface area contributed by atoms with Crippen LogP contribution in [-0.2, 0) is 9.53 Å². The second-order valence-corrected chi connectivity index (χ2v) is 3.62. The maximum Gasteiger partial charge on any atom is 0.327 e. The highest BCUT2D eigenvalue weighted by Crippen LogP contribution is 2.25. The maximum atomic E-state index is 11.9. The Kier molecular flexibility index (Phi) is 5.94. The van der Waals surface area contributed by atoms with Crippen molar-refractivity contribution in [3.8, 4) is 5.75 Å². The molecule has 0 aromatic heterocycles. The van der Waals surface area contributed by atoms with E-state index in [-0.39, 0.29) is 5.97 Å². The van der Waals surface area contributed by atoms with E-state index in [1.807, 2.05) is 24.3 Å². The third-order valence-electron chi connectivity index (χ3n) is 2.44. The fraction of sp³-hybridized carbons (Fsp3) is 0.357. The summed E-state index contributed by atoms with van der Waals surface area (Å²) in [4.78, 5) is 11.9. The molecular weight excluding hydrogens is 230 g/mol. The molecule has 1 unspecified atom stereocenters. The summed E-state index contributed by atoms with van der Waals surface area (Å²) in [7, 11) is 1.58. The molecule has 0 amide bonds. The van der Waals surface area contributed by atoms with Gasteiger partial charge in [-0.3, -0.25) is 5.32 Å². The molecule has 0 spiro atoms. The lowest BCUT2D eigenvalue weighted by molar-refractivity contribution is -0.145. The minimum Gasteiger partial charge on any atom is -0.496 e. The molecule has 0 saturated carbocycles. The largest absolute Gasteiger partial charge is 0.496 e. The zero-order chi connectivity index (χ0) is 13.4. The number of carbonyl (C=O) groups excluding carboxylic acids is 1. The number of para-hydroxylation sites is 1. The van der Waals surface area contributed by atoms with Gasteiger partial charge in [-0.15, -0.1) is 6.58 Å². The SMILES string of the molecule is C=CCNC(C(=O)OCC)c1ccccc1OC. The summed E-state index contributed by atoms with van der Waals surface area (Å²) in [5.41, 5.74) is 0.764. The van der Waals surface area contributed by atoms with Crippen LogP contribution in [0.2, 0.25) is 0 Å². The van der Waals surface area contributed by atoms with Gasteiger partial charge < -0.3 is 9.47 Å². The van der Waals surface area contributed by atoms with Crippen molar-refractivity contribution in [1.29, 1.82) is 0 Å². The van der Waals surface area contributed by atoms with E-state index in [9.17, 15) is 4.79 Å². The van der Waals surface area contributed by atoms with E-state index in [4.69, 9.17) is 9.47 Å². The van der Waals surface area contributed by atoms with Crippen LogP contribution in [0.25, 0.3) is 0 Å². The van der Waals surface area contributed by atoms with Crippen molar-refractivity contribution in [1.82, 2.24) is 5.32 Å². The Morgan fingerprint density at radius 2 is 2.22 bits per heavy atom. The van der Waals surface area contributed by atoms with Crippen LogP contribution in [0.5, 0.6) is 5.75 Å². The molecule has 0 aliphatic heterocycles. The molecule has 0 heterocycles. The van der Waals surface area contributed by atoms with Crippen LogP contribution in [0.4, 0.5) is 0 Å². The monoisotopic (exact) mass is 249 g/mol. The van der Waals surface area contributed by atoms with Crippen molar-refractivity contribution in [2.75, 3.05) is 20.3 Å². The van der Waals surface area contributed by atoms with Gasteiger partial charge in [0.15, 0.2) is 0 Å². The predicted molar refractivity (Wildman–Crippen MR) is 70.6 cm³/mol. The lowest BCUT2D eigenvalue weighted by Gasteiger charge is -2.19. The van der Waals surface area contributed by atoms with Crippen molar-refractivity contribution in [3.63, 3.8) is 0 Å². The Labute approximate surface area is 108 Å². The van der Waals surface area contributed by atoms with Gasteiger partial charge in [0.1, 0.15) is 11.8 Å². The highest BCUT2D eigenvalue weighted by Gasteiger charge is 2.23. The van der Waals surface area contributed by atoms with Gasteiger partial charge in [-0.2, -0.15) is 0 Å². The molecule has 1 rings (SSSR count). The summed E-state index contributed by atoms with van der Waals surface area (Å²) in [5.74, 6) is 0.343. The molecule has 98 valence electrons. The Bertz CT molecular complexity index is 404. The van der Waals surface area contributed by atoms with Crippen molar-refractivity contribution in [2.24, 2.45) is 0 Å². The van der Waals surface area contributed by atoms with Crippen LogP contribution in [0.3, 0.4) is 0 Å². The molecule has 0 radical (unpaired) electrons. The zero-order valence-electron chi connectivity index (χ0n) is 10.8. The second-order valence-electron chi connectivity index (χ2n) is 3.62. The topological polar surface area (TPSA) is 47.6 Å². The Morgan fingerprint density at radius 3 is 2.83 bits per heavy atom. The van der Waals surface area contributed by atoms with Crippen LogP contribution in [-0.4, -0.2) is 26.2 Å². The fourth-order valence-corrected chi connectivity index (χ4v) is 1.65. The number of ether oxygens (including phenoxy) is 2. The second kappa shape index (κ2) is 7.50. The minimum atomic E-state index is -0.543. The lowest BCUT2D eigenvalue weighted by atomic mass is 10.1. The van der Waals surface area contributed by atoms with E-state index in [1.54, 1.807) is 20.1 Å². The first kappa shape index (κ1) is 14.3. The molecule has 0 bridgehead atoms. The first-order valence-corrected chi connectivity index (χ1v) is 5.88. The summed E-state index contributed by atoms with van der Waals surface area (Å²) in [6.07, 6.45) is 1.70. The van der Waals surface area contributed by atoms with Gasteiger partial charge >= 0.3 is 5.97 Å². The summed E-state index contributed by atoms with van der Waals surface area (Å²) < 4.78 is 10.3. The molecule has 0 saturated heterocycles. The molecule has 1 atom stereocenters. The predicted octanol–water partition coefficient (Wildman–Crippen LogP) is 2.08. The first-order chi connectivity index (χ1) is 8.74. The highest BCUT2D eigenvalue weighted by atomic mass is 16.5. The number of benzene rings is 1. The first-order valence-electron chi connectivity index (χ1n) is 5.88. The number of nitrogens with one attached hydrogen (secondary N) is 1. The minimum absolute atomic E-state index is 0.316. The van der Waals surface area contributed by atoms with E-state index in [1.165, 1.54) is 0 Å². The summed E-state index contributed by atoms with van der Waals surface area (Å²) >= 11 is 0. The van der Waals surface area contributed by atoms with Crippen molar-refractivity contribution >= 4 is 5.97 Å². The standard InChI is InChI=1S/C14H19NO3/c1-4-10-15-13(14(16)18-5-2)11-8-6-7-9-12(11)17-3/h4,6-9,13,15H,1,5,10H2,2-3H3. The van der Waals surface area contributed by atoms with Crippen molar-refractivity contribution in [2.45, 2.75) is 13.0 Å². The van der Waals surface area contributed by atoms with Gasteiger partial charge in [-0.05, 0) is 13.0 Å². The molecule has 18 heavy (non-hydrogen) atoms. The van der Waals surface area contributed by atoms with E-state index in [0.29, 0.717) is 18.9 Å². The fourth-order valence-electron chi connectivity index (χ4n) is 1.65. The number of hydrogen-bond donors (Lipinski definition) is 1. The third kappa shape index (κ3) is 3.60. The molecule has 0 fully saturated rings. The molecular formula is C14H19NO3. The van der Waals surface area contributed by atoms with Gasteiger partial charge in [0.2, 0.25) is 0 Å². The normalized spacial score (nSPS) is 11.7. The molecule has 1 aromatic rings. The van der Waals surface area contributed by atoms with Gasteiger partial charge in [-0.1, -0.05) is 24.3 Å². The number of esters is 1. The van der Waals surface area contributed by atoms with Crippen LogP contribution in [0, 0.1) is 0 Å². The average Bonchev–Trinajstić information content (AvgIpc) is 2.40. The quantitative estimate of drug-likeness (QED) is 0.593. The van der Waals surface area contributed by atoms with E-state index >= 15 is 0 Å². The molecule has 4 nitrogen and oxygen atoms in total. The Balaban J connectivity index is 3.00. The molecule has 0 aliphatic carbocycles. The molecule has 0 aliphatic rings. The van der Waals surface area contributed by atoms with E-state index < -0.39 is 6.04 Å².